The largest absolute Gasteiger partial charge is 0.478 e. The maximum atomic E-state index is 13.9. The predicted molar refractivity (Wildman–Crippen MR) is 395 cm³/mol. The van der Waals surface area contributed by atoms with Gasteiger partial charge in [-0.3, -0.25) is 0 Å². The topological polar surface area (TPSA) is 233 Å². The van der Waals surface area contributed by atoms with E-state index in [9.17, 15) is 24.9 Å². The van der Waals surface area contributed by atoms with Crippen LogP contribution in [0.15, 0.2) is 109 Å². The molecule has 20 nitrogen and oxygen atoms in total. The Bertz CT molecular complexity index is 3420. The maximum Gasteiger partial charge on any atom is 0.342 e. The van der Waals surface area contributed by atoms with Crippen molar-refractivity contribution in [3.8, 4) is 34.5 Å². The molecule has 3 N–H and O–H groups in total. The van der Waals surface area contributed by atoms with Gasteiger partial charge in [0.05, 0.1) is 31.0 Å². The third kappa shape index (κ3) is 20.8. The van der Waals surface area contributed by atoms with E-state index in [2.05, 4.69) is 161 Å². The molecule has 23 heteroatoms. The lowest BCUT2D eigenvalue weighted by molar-refractivity contribution is -0.152. The minimum atomic E-state index is -2.80. The second-order valence-corrected chi connectivity index (χ2v) is 45.4. The SMILES string of the molecule is COCOc1cc2c(c(/C=C/C[C@@H]3OC(C)(C)O[C@@H]3C(/C=C\[C@@H](C)[C@@H](C)O[Si](c3ccccc3)(c3ccccc3)C(C)(C)C)O[Si](C)(C)C(C)(C)C)c1C(=O)OCC[Si](C)(C)C)OCO2.COCOc1cc2c(c(/C=C/C[C@@H]3OC(C)(C)O[C@@H]3C(O)/C=C\[C@@H](C)[C@H](C)O)c1C(=O)O)OCO2. The molecule has 4 aliphatic heterocycles. The lowest BCUT2D eigenvalue weighted by atomic mass is 9.99. The Hall–Kier alpha value is -6.17. The molecule has 0 bridgehead atoms. The first-order valence-corrected chi connectivity index (χ1v) is 43.2. The van der Waals surface area contributed by atoms with E-state index in [1.165, 1.54) is 30.7 Å². The first-order chi connectivity index (χ1) is 46.8. The summed E-state index contributed by atoms with van der Waals surface area (Å²) < 4.78 is 90.4. The van der Waals surface area contributed by atoms with E-state index in [1.54, 1.807) is 51.1 Å². The van der Waals surface area contributed by atoms with E-state index < -0.39 is 90.9 Å². The number of carboxylic acid groups (broad SMARTS) is 1. The molecule has 552 valence electrons. The van der Waals surface area contributed by atoms with Gasteiger partial charge in [0, 0.05) is 51.7 Å². The van der Waals surface area contributed by atoms with Gasteiger partial charge in [0.15, 0.2) is 56.5 Å². The van der Waals surface area contributed by atoms with Crippen LogP contribution < -0.4 is 38.8 Å². The summed E-state index contributed by atoms with van der Waals surface area (Å²) in [5.74, 6) is -1.60. The molecule has 2 unspecified atom stereocenters. The molecule has 8 rings (SSSR count). The maximum absolute atomic E-state index is 13.9. The van der Waals surface area contributed by atoms with Crippen molar-refractivity contribution in [3.63, 3.8) is 0 Å². The van der Waals surface area contributed by atoms with Gasteiger partial charge >= 0.3 is 11.9 Å². The number of carbonyl (C=O) groups is 2. The standard InChI is InChI=1S/C52H78O10Si3.C25H34O10/c1-37(38(2)61-65(51(6,7)8,39-24-19-17-20-25-39)40-26-21-18-22-27-40)30-31-43(62-64(15,16)50(3,4)5)48-42(59-52(9,10)60-48)29-23-28-41-46(49(53)55-32-33-63(12,13)14)44(56-35-54-11)34-45-47(41)58-36-57-45;1-14(15(2)26)9-10-17(27)23-18(34-25(3,4)35-23)8-6-7-16-21(24(28)29)19(31-12-30-5)11-20-22(16)33-13-32-20/h17-28,30-31,34,37-38,42-43,48H,29,32-33,35-36H2,1-16H3;6-7,9-11,14-15,17-18,23,26-27H,8,12-13H2,1-5H3,(H,28,29)/b28-23+,31-30-;7-6+,10-9-/t37-,38-,42+,43?,48+;14-,15+,17?,18+,23-/m11/s1. The van der Waals surface area contributed by atoms with Crippen LogP contribution in [0.3, 0.4) is 0 Å². The number of carboxylic acids is 1. The van der Waals surface area contributed by atoms with Crippen LogP contribution in [0.1, 0.15) is 142 Å². The highest BCUT2D eigenvalue weighted by Gasteiger charge is 2.52. The first-order valence-electron chi connectivity index (χ1n) is 34.6. The molecule has 4 aliphatic rings. The number of aliphatic hydroxyl groups is 2. The Kier molecular flexibility index (Phi) is 27.9. The van der Waals surface area contributed by atoms with Crippen LogP contribution in [0.4, 0.5) is 0 Å². The number of fused-ring (bicyclic) bond motifs is 2. The summed E-state index contributed by atoms with van der Waals surface area (Å²) in [5, 5.41) is 32.5. The Morgan fingerprint density at radius 3 is 1.54 bits per heavy atom. The molecule has 0 aromatic heterocycles. The summed E-state index contributed by atoms with van der Waals surface area (Å²) in [6.07, 6.45) is 11.7. The summed E-state index contributed by atoms with van der Waals surface area (Å²) in [7, 11) is -3.66. The van der Waals surface area contributed by atoms with Crippen LogP contribution in [-0.2, 0) is 42.0 Å². The van der Waals surface area contributed by atoms with Gasteiger partial charge in [0.1, 0.15) is 40.9 Å². The second kappa shape index (κ2) is 34.4. The van der Waals surface area contributed by atoms with Crippen LogP contribution in [0, 0.1) is 11.8 Å². The van der Waals surface area contributed by atoms with E-state index in [0.29, 0.717) is 59.3 Å². The molecule has 4 aromatic carbocycles. The third-order valence-electron chi connectivity index (χ3n) is 18.6. The van der Waals surface area contributed by atoms with Crippen LogP contribution >= 0.6 is 0 Å². The fourth-order valence-electron chi connectivity index (χ4n) is 11.9. The zero-order valence-electron chi connectivity index (χ0n) is 62.8. The highest BCUT2D eigenvalue weighted by atomic mass is 28.4. The van der Waals surface area contributed by atoms with Crippen molar-refractivity contribution in [1.82, 2.24) is 0 Å². The van der Waals surface area contributed by atoms with Crippen molar-refractivity contribution in [3.05, 3.63) is 132 Å². The first kappa shape index (κ1) is 81.1. The quantitative estimate of drug-likeness (QED) is 0.0184. The number of hydrogen-bond donors (Lipinski definition) is 3. The number of hydrogen-bond acceptors (Lipinski definition) is 19. The Morgan fingerprint density at radius 2 is 1.08 bits per heavy atom. The van der Waals surface area contributed by atoms with E-state index in [0.717, 1.165) is 6.04 Å². The van der Waals surface area contributed by atoms with Crippen LogP contribution in [0.25, 0.3) is 12.2 Å². The number of carbonyl (C=O) groups excluding carboxylic acids is 1. The fraction of sp³-hybridized carbons (Fsp3) is 0.558. The van der Waals surface area contributed by atoms with Gasteiger partial charge in [-0.05, 0) is 106 Å². The average Bonchev–Trinajstić information content (AvgIpc) is 0.754. The summed E-state index contributed by atoms with van der Waals surface area (Å²) >= 11 is 0. The van der Waals surface area contributed by atoms with Gasteiger partial charge in [-0.2, -0.15) is 0 Å². The van der Waals surface area contributed by atoms with Gasteiger partial charge in [0.25, 0.3) is 8.32 Å². The third-order valence-corrected chi connectivity index (χ3v) is 29.9. The van der Waals surface area contributed by atoms with Crippen molar-refractivity contribution in [2.24, 2.45) is 11.8 Å². The number of aromatic carboxylic acids is 1. The summed E-state index contributed by atoms with van der Waals surface area (Å²) in [6, 6.07) is 25.5. The molecule has 4 aromatic rings. The van der Waals surface area contributed by atoms with Crippen molar-refractivity contribution < 1.29 is 95.3 Å². The number of methoxy groups -OCH3 is 2. The number of esters is 1. The van der Waals surface area contributed by atoms with Gasteiger partial charge in [-0.25, -0.2) is 9.59 Å². The van der Waals surface area contributed by atoms with Crippen molar-refractivity contribution in [1.29, 1.82) is 0 Å². The van der Waals surface area contributed by atoms with E-state index in [4.69, 9.17) is 70.4 Å². The van der Waals surface area contributed by atoms with Crippen LogP contribution in [0.5, 0.6) is 34.5 Å². The summed E-state index contributed by atoms with van der Waals surface area (Å²) in [4.78, 5) is 26.0. The molecule has 0 aliphatic carbocycles. The number of benzene rings is 4. The molecule has 2 fully saturated rings. The minimum Gasteiger partial charge on any atom is -0.478 e. The van der Waals surface area contributed by atoms with Crippen molar-refractivity contribution in [2.45, 2.75) is 219 Å². The Morgan fingerprint density at radius 1 is 0.610 bits per heavy atom. The van der Waals surface area contributed by atoms with E-state index >= 15 is 0 Å². The lowest BCUT2D eigenvalue weighted by Gasteiger charge is -2.45. The molecule has 0 saturated carbocycles. The Balaban J connectivity index is 0.000000337. The predicted octanol–water partition coefficient (Wildman–Crippen LogP) is 14.3. The number of aliphatic hydroxyl groups excluding tert-OH is 2. The van der Waals surface area contributed by atoms with Gasteiger partial charge in [-0.15, -0.1) is 0 Å². The molecule has 10 atom stereocenters. The normalized spacial score (nSPS) is 20.9. The zero-order chi connectivity index (χ0) is 73.8. The summed E-state index contributed by atoms with van der Waals surface area (Å²) in [5.41, 5.74) is 0.971. The van der Waals surface area contributed by atoms with E-state index in [1.807, 2.05) is 32.9 Å². The minimum absolute atomic E-state index is 0.0165. The monoisotopic (exact) mass is 1440 g/mol. The molecular formula is C77H112O20Si3. The second-order valence-electron chi connectivity index (χ2n) is 30.7. The summed E-state index contributed by atoms with van der Waals surface area (Å²) in [6.45, 7) is 40.4. The number of ether oxygens (including phenoxy) is 13. The molecule has 4 heterocycles. The van der Waals surface area contributed by atoms with Crippen molar-refractivity contribution >= 4 is 59.2 Å². The Labute approximate surface area is 596 Å². The van der Waals surface area contributed by atoms with Gasteiger partial charge in [-0.1, -0.05) is 184 Å². The molecule has 0 amide bonds. The van der Waals surface area contributed by atoms with Gasteiger partial charge in [0.2, 0.25) is 13.6 Å². The van der Waals surface area contributed by atoms with Crippen LogP contribution in [-0.4, -0.2) is 160 Å². The molecule has 2 saturated heterocycles. The van der Waals surface area contributed by atoms with Gasteiger partial charge < -0.3 is 85.8 Å². The highest BCUT2D eigenvalue weighted by Crippen LogP contribution is 2.47. The molecule has 0 spiro atoms. The zero-order valence-corrected chi connectivity index (χ0v) is 65.8. The smallest absolute Gasteiger partial charge is 0.342 e. The fourth-order valence-corrected chi connectivity index (χ4v) is 18.7. The highest BCUT2D eigenvalue weighted by molar-refractivity contribution is 6.99. The molecule has 100 heavy (non-hydrogen) atoms. The molecular weight excluding hydrogens is 1330 g/mol. The van der Waals surface area contributed by atoms with Crippen molar-refractivity contribution in [2.75, 3.05) is 48.0 Å². The average molecular weight is 1440 g/mol. The van der Waals surface area contributed by atoms with E-state index in [-0.39, 0.29) is 72.1 Å². The van der Waals surface area contributed by atoms with Crippen LogP contribution in [0.2, 0.25) is 48.9 Å². The molecule has 0 radical (unpaired) electrons. The lowest BCUT2D eigenvalue weighted by Crippen LogP contribution is -2.67. The number of rotatable bonds is 31.